The second kappa shape index (κ2) is 71.4. The zero-order valence-corrected chi connectivity index (χ0v) is 61.1. The van der Waals surface area contributed by atoms with E-state index in [1.165, 1.54) is 186 Å². The summed E-state index contributed by atoms with van der Waals surface area (Å²) in [7, 11) is 1.48. The standard InChI is InChI=1S/C82H142NO8P/c1-6-8-10-12-14-16-18-20-22-24-26-28-30-32-34-36-38-39-40-41-42-43-45-47-49-51-53-55-57-59-61-63-65-67-69-71-73-75-82(85)91-80(79-90-92(86,87)89-77-76-83(3,4)5)78-88-81(84)74-72-70-68-66-64-62-60-58-56-54-52-50-48-46-44-37-35-33-31-29-27-25-23-21-19-17-15-13-11-9-7-2/h8-11,14-17,20-23,26-29,32-35,38-39,80H,6-7,12-13,18-19,24-25,30-31,36-37,40-79H2,1-5H3/p+1/b10-8-,11-9-,16-14-,17-15-,22-20-,23-21-,28-26-,29-27-,34-32-,35-33-,39-38-. The molecule has 92 heavy (non-hydrogen) atoms. The van der Waals surface area contributed by atoms with Crippen molar-refractivity contribution in [2.24, 2.45) is 0 Å². The average molecular weight is 1300 g/mol. The Balaban J connectivity index is 4.00. The van der Waals surface area contributed by atoms with Crippen molar-refractivity contribution in [1.82, 2.24) is 0 Å². The Kier molecular flexibility index (Phi) is 68.5. The number of carbonyl (C=O) groups is 2. The lowest BCUT2D eigenvalue weighted by atomic mass is 10.0. The lowest BCUT2D eigenvalue weighted by molar-refractivity contribution is -0.870. The van der Waals surface area contributed by atoms with E-state index in [9.17, 15) is 19.0 Å². The number of rotatable bonds is 69. The van der Waals surface area contributed by atoms with Crippen molar-refractivity contribution in [3.63, 3.8) is 0 Å². The number of phosphoric acid groups is 1. The maximum atomic E-state index is 12.9. The third-order valence-corrected chi connectivity index (χ3v) is 17.2. The van der Waals surface area contributed by atoms with Gasteiger partial charge in [0.25, 0.3) is 0 Å². The van der Waals surface area contributed by atoms with Crippen LogP contribution in [0.2, 0.25) is 0 Å². The third kappa shape index (κ3) is 75.2. The van der Waals surface area contributed by atoms with E-state index in [0.29, 0.717) is 17.4 Å². The summed E-state index contributed by atoms with van der Waals surface area (Å²) in [5.74, 6) is -0.790. The van der Waals surface area contributed by atoms with Gasteiger partial charge in [0.05, 0.1) is 27.7 Å². The van der Waals surface area contributed by atoms with Crippen LogP contribution < -0.4 is 0 Å². The van der Waals surface area contributed by atoms with Gasteiger partial charge in [-0.05, 0) is 109 Å². The predicted octanol–water partition coefficient (Wildman–Crippen LogP) is 25.2. The summed E-state index contributed by atoms with van der Waals surface area (Å²) in [5, 5.41) is 0. The summed E-state index contributed by atoms with van der Waals surface area (Å²) in [6, 6.07) is 0. The second-order valence-corrected chi connectivity index (χ2v) is 27.7. The van der Waals surface area contributed by atoms with E-state index >= 15 is 0 Å². The van der Waals surface area contributed by atoms with Crippen LogP contribution in [0.5, 0.6) is 0 Å². The van der Waals surface area contributed by atoms with E-state index in [-0.39, 0.29) is 32.0 Å². The monoisotopic (exact) mass is 1300 g/mol. The first-order chi connectivity index (χ1) is 45.0. The molecular formula is C82H143NO8P+. The first-order valence-corrected chi connectivity index (χ1v) is 39.4. The van der Waals surface area contributed by atoms with Crippen LogP contribution in [0.3, 0.4) is 0 Å². The Labute approximate surface area is 568 Å². The van der Waals surface area contributed by atoms with Crippen LogP contribution in [0, 0.1) is 0 Å². The molecule has 9 nitrogen and oxygen atoms in total. The highest BCUT2D eigenvalue weighted by atomic mass is 31.2. The van der Waals surface area contributed by atoms with E-state index < -0.39 is 26.5 Å². The lowest BCUT2D eigenvalue weighted by Crippen LogP contribution is -2.37. The molecule has 0 aromatic rings. The van der Waals surface area contributed by atoms with Crippen molar-refractivity contribution in [2.45, 2.75) is 328 Å². The maximum absolute atomic E-state index is 12.9. The van der Waals surface area contributed by atoms with Crippen LogP contribution in [0.25, 0.3) is 0 Å². The molecule has 2 unspecified atom stereocenters. The third-order valence-electron chi connectivity index (χ3n) is 16.2. The molecule has 2 atom stereocenters. The molecule has 0 fully saturated rings. The van der Waals surface area contributed by atoms with Crippen molar-refractivity contribution in [1.29, 1.82) is 0 Å². The van der Waals surface area contributed by atoms with Gasteiger partial charge >= 0.3 is 19.8 Å². The molecule has 528 valence electrons. The Morgan fingerprint density at radius 3 is 0.870 bits per heavy atom. The molecule has 0 spiro atoms. The van der Waals surface area contributed by atoms with Gasteiger partial charge in [0.15, 0.2) is 6.10 Å². The number of quaternary nitrogens is 1. The number of phosphoric ester groups is 1. The first kappa shape index (κ1) is 88.2. The molecule has 0 aliphatic heterocycles. The summed E-state index contributed by atoms with van der Waals surface area (Å²) < 4.78 is 34.8. The molecular weight excluding hydrogens is 1160 g/mol. The smallest absolute Gasteiger partial charge is 0.462 e. The van der Waals surface area contributed by atoms with Crippen LogP contribution in [0.4, 0.5) is 0 Å². The van der Waals surface area contributed by atoms with Gasteiger partial charge in [-0.25, -0.2) is 4.57 Å². The molecule has 0 amide bonds. The number of allylic oxidation sites excluding steroid dienone is 22. The van der Waals surface area contributed by atoms with E-state index in [2.05, 4.69) is 148 Å². The quantitative estimate of drug-likeness (QED) is 0.0211. The molecule has 0 aromatic heterocycles. The Hall–Kier alpha value is -3.85. The molecule has 0 aromatic carbocycles. The van der Waals surface area contributed by atoms with Gasteiger partial charge in [0, 0.05) is 12.8 Å². The van der Waals surface area contributed by atoms with Crippen molar-refractivity contribution < 1.29 is 42.1 Å². The fourth-order valence-corrected chi connectivity index (χ4v) is 11.2. The topological polar surface area (TPSA) is 108 Å². The van der Waals surface area contributed by atoms with Gasteiger partial charge in [0.1, 0.15) is 19.8 Å². The summed E-state index contributed by atoms with van der Waals surface area (Å²) in [4.78, 5) is 36.0. The summed E-state index contributed by atoms with van der Waals surface area (Å²) >= 11 is 0. The van der Waals surface area contributed by atoms with Gasteiger partial charge in [0.2, 0.25) is 0 Å². The van der Waals surface area contributed by atoms with Crippen LogP contribution in [-0.4, -0.2) is 74.9 Å². The number of carbonyl (C=O) groups excluding carboxylic acids is 2. The van der Waals surface area contributed by atoms with Gasteiger partial charge in [-0.1, -0.05) is 334 Å². The van der Waals surface area contributed by atoms with E-state index in [1.54, 1.807) is 0 Å². The Bertz CT molecular complexity index is 2020. The van der Waals surface area contributed by atoms with E-state index in [0.717, 1.165) is 103 Å². The normalized spacial score (nSPS) is 13.8. The molecule has 0 saturated carbocycles. The number of nitrogens with zero attached hydrogens (tertiary/aromatic N) is 1. The largest absolute Gasteiger partial charge is 0.472 e. The van der Waals surface area contributed by atoms with Gasteiger partial charge in [-0.2, -0.15) is 0 Å². The minimum atomic E-state index is -4.40. The molecule has 1 N–H and O–H groups in total. The highest BCUT2D eigenvalue weighted by Gasteiger charge is 2.27. The molecule has 0 aliphatic carbocycles. The number of hydrogen-bond acceptors (Lipinski definition) is 7. The zero-order chi connectivity index (χ0) is 66.9. The number of unbranched alkanes of at least 4 members (excludes halogenated alkanes) is 33. The lowest BCUT2D eigenvalue weighted by Gasteiger charge is -2.24. The average Bonchev–Trinajstić information content (AvgIpc) is 2.34. The van der Waals surface area contributed by atoms with Crippen LogP contribution in [0.1, 0.15) is 322 Å². The van der Waals surface area contributed by atoms with Gasteiger partial charge in [-0.15, -0.1) is 0 Å². The minimum Gasteiger partial charge on any atom is -0.462 e. The number of esters is 2. The van der Waals surface area contributed by atoms with Crippen LogP contribution >= 0.6 is 7.82 Å². The number of likely N-dealkylation sites (N-methyl/N-ethyl adjacent to an activating group) is 1. The summed E-state index contributed by atoms with van der Waals surface area (Å²) in [5.41, 5.74) is 0. The fraction of sp³-hybridized carbons (Fsp3) is 0.707. The van der Waals surface area contributed by atoms with Crippen LogP contribution in [-0.2, 0) is 32.7 Å². The number of hydrogen-bond donors (Lipinski definition) is 1. The van der Waals surface area contributed by atoms with Gasteiger partial charge in [-0.3, -0.25) is 18.6 Å². The predicted molar refractivity (Wildman–Crippen MR) is 399 cm³/mol. The van der Waals surface area contributed by atoms with Crippen molar-refractivity contribution >= 4 is 19.8 Å². The summed E-state index contributed by atoms with van der Waals surface area (Å²) in [6.45, 7) is 4.23. The van der Waals surface area contributed by atoms with Crippen molar-refractivity contribution in [3.05, 3.63) is 134 Å². The highest BCUT2D eigenvalue weighted by Crippen LogP contribution is 2.43. The Morgan fingerprint density at radius 1 is 0.337 bits per heavy atom. The van der Waals surface area contributed by atoms with Crippen LogP contribution in [0.15, 0.2) is 134 Å². The zero-order valence-electron chi connectivity index (χ0n) is 60.2. The first-order valence-electron chi connectivity index (χ1n) is 37.9. The molecule has 0 bridgehead atoms. The molecule has 0 radical (unpaired) electrons. The fourth-order valence-electron chi connectivity index (χ4n) is 10.5. The maximum Gasteiger partial charge on any atom is 0.472 e. The summed E-state index contributed by atoms with van der Waals surface area (Å²) in [6.07, 6.45) is 104. The van der Waals surface area contributed by atoms with Crippen molar-refractivity contribution in [2.75, 3.05) is 47.5 Å². The van der Waals surface area contributed by atoms with E-state index in [4.69, 9.17) is 18.5 Å². The van der Waals surface area contributed by atoms with Gasteiger partial charge < -0.3 is 18.9 Å². The second-order valence-electron chi connectivity index (χ2n) is 26.3. The minimum absolute atomic E-state index is 0.0286. The number of ether oxygens (including phenoxy) is 2. The molecule has 0 saturated heterocycles. The Morgan fingerprint density at radius 2 is 0.587 bits per heavy atom. The molecule has 0 heterocycles. The SMILES string of the molecule is CC/C=C\C/C=C\C/C=C\C/C=C\C/C=C\C/C=C\CCCCCCCCCCCCCCCCCCCCC(=O)OC(COC(=O)CCCCCCCCCCCCCCCCC/C=C\C/C=C\C/C=C\C/C=C\C/C=C\CC)COP(=O)(O)OCC[N+](C)(C)C. The van der Waals surface area contributed by atoms with Crippen molar-refractivity contribution in [3.8, 4) is 0 Å². The van der Waals surface area contributed by atoms with E-state index in [1.807, 2.05) is 21.1 Å². The molecule has 0 rings (SSSR count). The highest BCUT2D eigenvalue weighted by molar-refractivity contribution is 7.47. The molecule has 10 heteroatoms. The molecule has 0 aliphatic rings.